The van der Waals surface area contributed by atoms with Crippen LogP contribution in [-0.2, 0) is 19.6 Å². The summed E-state index contributed by atoms with van der Waals surface area (Å²) in [6.07, 6.45) is 0.366. The molecule has 0 saturated heterocycles. The highest BCUT2D eigenvalue weighted by atomic mass is 32.2. The van der Waals surface area contributed by atoms with Crippen molar-refractivity contribution in [2.45, 2.75) is 38.2 Å². The van der Waals surface area contributed by atoms with Crippen molar-refractivity contribution in [2.24, 2.45) is 0 Å². The molecule has 0 radical (unpaired) electrons. The molecule has 0 bridgehead atoms. The van der Waals surface area contributed by atoms with Crippen LogP contribution in [0.2, 0.25) is 0 Å². The molecule has 11 nitrogen and oxygen atoms in total. The average molecular weight is 510 g/mol. The van der Waals surface area contributed by atoms with E-state index >= 15 is 0 Å². The molecule has 12 heteroatoms. The second kappa shape index (κ2) is 10.1. The Morgan fingerprint density at radius 2 is 1.75 bits per heavy atom. The van der Waals surface area contributed by atoms with Crippen LogP contribution in [0.4, 0.5) is 11.6 Å². The van der Waals surface area contributed by atoms with Crippen LogP contribution in [0.15, 0.2) is 64.2 Å². The van der Waals surface area contributed by atoms with E-state index in [0.717, 1.165) is 0 Å². The summed E-state index contributed by atoms with van der Waals surface area (Å²) in [6, 6.07) is 12.1. The van der Waals surface area contributed by atoms with Crippen molar-refractivity contribution >= 4 is 44.6 Å². The number of hydrogen-bond donors (Lipinski definition) is 2. The molecule has 36 heavy (non-hydrogen) atoms. The standard InChI is InChI=1S/C24H23N5O6S/c1-4-19(35-23(31)18-6-5-7-20-21(18)25-13-34-20)22(30)28-16-8-10-17(11-9-16)36(32,33)29-24-26-14(2)12-15(3)27-24/h5-13,19H,4H2,1-3H3,(H,28,30)(H,26,27,29). The number of para-hydroxylation sites is 1. The molecular weight excluding hydrogens is 486 g/mol. The lowest BCUT2D eigenvalue weighted by Gasteiger charge is -2.16. The van der Waals surface area contributed by atoms with Crippen LogP contribution in [0.25, 0.3) is 11.1 Å². The monoisotopic (exact) mass is 509 g/mol. The minimum absolute atomic E-state index is 0.0289. The predicted octanol–water partition coefficient (Wildman–Crippen LogP) is 3.61. The number of sulfonamides is 1. The van der Waals surface area contributed by atoms with Gasteiger partial charge in [0.25, 0.3) is 15.9 Å². The third kappa shape index (κ3) is 5.49. The smallest absolute Gasteiger partial charge is 0.341 e. The molecule has 2 aromatic carbocycles. The Balaban J connectivity index is 1.42. The van der Waals surface area contributed by atoms with Crippen LogP contribution in [0.1, 0.15) is 35.1 Å². The number of carbonyl (C=O) groups excluding carboxylic acids is 2. The van der Waals surface area contributed by atoms with E-state index in [1.165, 1.54) is 36.7 Å². The summed E-state index contributed by atoms with van der Waals surface area (Å²) < 4.78 is 38.3. The maximum atomic E-state index is 12.7. The van der Waals surface area contributed by atoms with Crippen molar-refractivity contribution in [3.05, 3.63) is 71.9 Å². The minimum atomic E-state index is -3.94. The Bertz CT molecular complexity index is 1510. The van der Waals surface area contributed by atoms with E-state index in [2.05, 4.69) is 25.0 Å². The Kier molecular flexibility index (Phi) is 6.97. The number of nitrogens with one attached hydrogen (secondary N) is 2. The second-order valence-electron chi connectivity index (χ2n) is 7.90. The minimum Gasteiger partial charge on any atom is -0.449 e. The van der Waals surface area contributed by atoms with Gasteiger partial charge in [-0.25, -0.2) is 32.9 Å². The summed E-state index contributed by atoms with van der Waals surface area (Å²) in [4.78, 5) is 37.5. The summed E-state index contributed by atoms with van der Waals surface area (Å²) >= 11 is 0. The number of amides is 1. The van der Waals surface area contributed by atoms with E-state index in [1.807, 2.05) is 0 Å². The molecule has 1 amide bonds. The Labute approximate surface area is 207 Å². The number of aryl methyl sites for hydroxylation is 2. The van der Waals surface area contributed by atoms with Crippen LogP contribution in [0.3, 0.4) is 0 Å². The number of oxazole rings is 1. The molecule has 4 aromatic rings. The van der Waals surface area contributed by atoms with E-state index in [1.54, 1.807) is 39.0 Å². The van der Waals surface area contributed by atoms with Gasteiger partial charge in [0.2, 0.25) is 5.95 Å². The lowest BCUT2D eigenvalue weighted by molar-refractivity contribution is -0.124. The highest BCUT2D eigenvalue weighted by Gasteiger charge is 2.24. The molecule has 2 aromatic heterocycles. The van der Waals surface area contributed by atoms with Crippen molar-refractivity contribution < 1.29 is 27.2 Å². The van der Waals surface area contributed by atoms with Crippen molar-refractivity contribution in [2.75, 3.05) is 10.0 Å². The van der Waals surface area contributed by atoms with Crippen LogP contribution < -0.4 is 10.0 Å². The zero-order chi connectivity index (χ0) is 25.9. The van der Waals surface area contributed by atoms with Gasteiger partial charge in [0, 0.05) is 17.1 Å². The van der Waals surface area contributed by atoms with Gasteiger partial charge in [0.15, 0.2) is 18.1 Å². The molecule has 1 unspecified atom stereocenters. The van der Waals surface area contributed by atoms with Gasteiger partial charge in [-0.05, 0) is 62.7 Å². The summed E-state index contributed by atoms with van der Waals surface area (Å²) in [5.74, 6) is -1.30. The van der Waals surface area contributed by atoms with Gasteiger partial charge < -0.3 is 14.5 Å². The molecule has 0 aliphatic carbocycles. The lowest BCUT2D eigenvalue weighted by Crippen LogP contribution is -2.32. The molecule has 0 fully saturated rings. The highest BCUT2D eigenvalue weighted by molar-refractivity contribution is 7.92. The Hall–Kier alpha value is -4.32. The quantitative estimate of drug-likeness (QED) is 0.339. The zero-order valence-electron chi connectivity index (χ0n) is 19.7. The van der Waals surface area contributed by atoms with Crippen LogP contribution in [0, 0.1) is 13.8 Å². The van der Waals surface area contributed by atoms with Gasteiger partial charge in [-0.3, -0.25) is 4.79 Å². The summed E-state index contributed by atoms with van der Waals surface area (Å²) in [5, 5.41) is 2.64. The average Bonchev–Trinajstić information content (AvgIpc) is 3.30. The largest absolute Gasteiger partial charge is 0.449 e. The van der Waals surface area contributed by atoms with E-state index in [-0.39, 0.29) is 22.8 Å². The van der Waals surface area contributed by atoms with Crippen molar-refractivity contribution in [1.82, 2.24) is 15.0 Å². The molecule has 0 aliphatic rings. The third-order valence-corrected chi connectivity index (χ3v) is 6.48. The van der Waals surface area contributed by atoms with Gasteiger partial charge in [-0.2, -0.15) is 0 Å². The molecular formula is C24H23N5O6S. The van der Waals surface area contributed by atoms with Gasteiger partial charge in [0.1, 0.15) is 5.52 Å². The number of hydrogen-bond acceptors (Lipinski definition) is 9. The highest BCUT2D eigenvalue weighted by Crippen LogP contribution is 2.20. The molecule has 0 saturated carbocycles. The topological polar surface area (TPSA) is 153 Å². The normalized spacial score (nSPS) is 12.2. The number of nitrogens with zero attached hydrogens (tertiary/aromatic N) is 3. The number of fused-ring (bicyclic) bond motifs is 1. The van der Waals surface area contributed by atoms with E-state index in [4.69, 9.17) is 9.15 Å². The van der Waals surface area contributed by atoms with Crippen molar-refractivity contribution in [3.8, 4) is 0 Å². The molecule has 2 N–H and O–H groups in total. The number of anilines is 2. The fourth-order valence-corrected chi connectivity index (χ4v) is 4.40. The molecule has 1 atom stereocenters. The van der Waals surface area contributed by atoms with E-state index < -0.39 is 28.0 Å². The first-order chi connectivity index (χ1) is 17.2. The summed E-state index contributed by atoms with van der Waals surface area (Å²) in [5.41, 5.74) is 2.53. The molecule has 186 valence electrons. The first kappa shape index (κ1) is 24.8. The lowest BCUT2D eigenvalue weighted by atomic mass is 10.2. The van der Waals surface area contributed by atoms with Gasteiger partial charge >= 0.3 is 5.97 Å². The first-order valence-electron chi connectivity index (χ1n) is 11.0. The van der Waals surface area contributed by atoms with Gasteiger partial charge in [-0.15, -0.1) is 0 Å². The maximum absolute atomic E-state index is 12.7. The number of esters is 1. The summed E-state index contributed by atoms with van der Waals surface area (Å²) in [7, 11) is -3.94. The number of aromatic nitrogens is 3. The molecule has 2 heterocycles. The zero-order valence-corrected chi connectivity index (χ0v) is 20.5. The van der Waals surface area contributed by atoms with Crippen LogP contribution in [0.5, 0.6) is 0 Å². The van der Waals surface area contributed by atoms with Crippen molar-refractivity contribution in [1.29, 1.82) is 0 Å². The van der Waals surface area contributed by atoms with Gasteiger partial charge in [0.05, 0.1) is 10.5 Å². The fourth-order valence-electron chi connectivity index (χ4n) is 3.46. The van der Waals surface area contributed by atoms with Crippen molar-refractivity contribution in [3.63, 3.8) is 0 Å². The maximum Gasteiger partial charge on any atom is 0.341 e. The number of benzene rings is 2. The number of carbonyl (C=O) groups is 2. The SMILES string of the molecule is CCC(OC(=O)c1cccc2ocnc12)C(=O)Nc1ccc(S(=O)(=O)Nc2nc(C)cc(C)n2)cc1. The van der Waals surface area contributed by atoms with Crippen LogP contribution in [-0.4, -0.2) is 41.4 Å². The van der Waals surface area contributed by atoms with E-state index in [9.17, 15) is 18.0 Å². The number of ether oxygens (including phenoxy) is 1. The first-order valence-corrected chi connectivity index (χ1v) is 12.4. The fraction of sp³-hybridized carbons (Fsp3) is 0.208. The predicted molar refractivity (Wildman–Crippen MR) is 131 cm³/mol. The Morgan fingerprint density at radius 3 is 2.42 bits per heavy atom. The molecule has 0 aliphatic heterocycles. The summed E-state index contributed by atoms with van der Waals surface area (Å²) in [6.45, 7) is 5.17. The molecule has 0 spiro atoms. The second-order valence-corrected chi connectivity index (χ2v) is 9.58. The Morgan fingerprint density at radius 1 is 1.06 bits per heavy atom. The third-order valence-electron chi connectivity index (χ3n) is 5.13. The molecule has 4 rings (SSSR count). The van der Waals surface area contributed by atoms with Crippen LogP contribution >= 0.6 is 0 Å². The van der Waals surface area contributed by atoms with Gasteiger partial charge in [-0.1, -0.05) is 13.0 Å². The number of rotatable bonds is 8. The van der Waals surface area contributed by atoms with E-state index in [0.29, 0.717) is 28.2 Å².